The van der Waals surface area contributed by atoms with Gasteiger partial charge in [-0.3, -0.25) is 0 Å². The molecule has 0 aliphatic carbocycles. The Labute approximate surface area is 109 Å². The highest BCUT2D eigenvalue weighted by atomic mass is 32.2. The summed E-state index contributed by atoms with van der Waals surface area (Å²) in [5, 5.41) is 16.7. The number of thioether (sulfide) groups is 1. The molecule has 2 rings (SSSR count). The highest BCUT2D eigenvalue weighted by molar-refractivity contribution is 7.98. The van der Waals surface area contributed by atoms with Gasteiger partial charge in [-0.1, -0.05) is 6.07 Å². The summed E-state index contributed by atoms with van der Waals surface area (Å²) < 4.78 is 0. The number of rotatable bonds is 4. The smallest absolute Gasteiger partial charge is 0.102 e. The molecule has 0 saturated heterocycles. The lowest BCUT2D eigenvalue weighted by Gasteiger charge is -2.09. The Morgan fingerprint density at radius 3 is 2.94 bits per heavy atom. The summed E-state index contributed by atoms with van der Waals surface area (Å²) >= 11 is 3.28. The van der Waals surface area contributed by atoms with E-state index >= 15 is 0 Å². The molecule has 0 fully saturated rings. The molecule has 0 saturated carbocycles. The highest BCUT2D eigenvalue weighted by Crippen LogP contribution is 2.26. The number of nitrogens with zero attached hydrogens (tertiary/aromatic N) is 1. The molecule has 1 aromatic carbocycles. The molecule has 0 atom stereocenters. The van der Waals surface area contributed by atoms with Gasteiger partial charge in [0, 0.05) is 11.4 Å². The quantitative estimate of drug-likeness (QED) is 0.845. The van der Waals surface area contributed by atoms with Gasteiger partial charge in [-0.15, -0.1) is 11.8 Å². The number of anilines is 1. The lowest BCUT2D eigenvalue weighted by molar-refractivity contribution is 1.15. The van der Waals surface area contributed by atoms with E-state index in [-0.39, 0.29) is 0 Å². The minimum atomic E-state index is 0.732. The first-order valence-corrected chi connectivity index (χ1v) is 7.34. The Balaban J connectivity index is 2.18. The van der Waals surface area contributed by atoms with Crippen LogP contribution in [-0.4, -0.2) is 6.26 Å². The van der Waals surface area contributed by atoms with E-state index in [2.05, 4.69) is 28.2 Å². The van der Waals surface area contributed by atoms with Crippen molar-refractivity contribution in [3.05, 3.63) is 46.2 Å². The Morgan fingerprint density at radius 1 is 1.41 bits per heavy atom. The largest absolute Gasteiger partial charge is 0.380 e. The molecule has 1 aromatic heterocycles. The van der Waals surface area contributed by atoms with Gasteiger partial charge in [0.15, 0.2) is 0 Å². The summed E-state index contributed by atoms with van der Waals surface area (Å²) in [6.07, 6.45) is 1.98. The average molecular weight is 260 g/mol. The van der Waals surface area contributed by atoms with Gasteiger partial charge in [-0.25, -0.2) is 0 Å². The minimum absolute atomic E-state index is 0.732. The lowest BCUT2D eigenvalue weighted by atomic mass is 10.2. The molecular weight excluding hydrogens is 248 g/mol. The van der Waals surface area contributed by atoms with Crippen molar-refractivity contribution in [3.63, 3.8) is 0 Å². The SMILES string of the molecule is CSc1cccc(NCc2ccsc2)c1C#N. The summed E-state index contributed by atoms with van der Waals surface area (Å²) in [5.41, 5.74) is 2.88. The Bertz CT molecular complexity index is 527. The van der Waals surface area contributed by atoms with Crippen molar-refractivity contribution in [1.82, 2.24) is 0 Å². The Hall–Kier alpha value is -1.44. The maximum absolute atomic E-state index is 9.19. The van der Waals surface area contributed by atoms with Gasteiger partial charge in [0.25, 0.3) is 0 Å². The summed E-state index contributed by atoms with van der Waals surface area (Å²) in [6, 6.07) is 10.2. The highest BCUT2D eigenvalue weighted by Gasteiger charge is 2.06. The fourth-order valence-corrected chi connectivity index (χ4v) is 2.80. The second kappa shape index (κ2) is 5.76. The molecule has 4 heteroatoms. The number of hydrogen-bond donors (Lipinski definition) is 1. The van der Waals surface area contributed by atoms with Crippen molar-refractivity contribution in [2.24, 2.45) is 0 Å². The predicted octanol–water partition coefficient (Wildman–Crippen LogP) is 3.95. The average Bonchev–Trinajstić information content (AvgIpc) is 2.88. The van der Waals surface area contributed by atoms with Gasteiger partial charge in [0.05, 0.1) is 11.3 Å². The molecule has 1 heterocycles. The van der Waals surface area contributed by atoms with E-state index in [1.165, 1.54) is 5.56 Å². The standard InChI is InChI=1S/C13H12N2S2/c1-16-13-4-2-3-12(11(13)7-14)15-8-10-5-6-17-9-10/h2-6,9,15H,8H2,1H3. The van der Waals surface area contributed by atoms with Crippen molar-refractivity contribution < 1.29 is 0 Å². The molecule has 0 unspecified atom stereocenters. The topological polar surface area (TPSA) is 35.8 Å². The van der Waals surface area contributed by atoms with Crippen LogP contribution in [0.4, 0.5) is 5.69 Å². The van der Waals surface area contributed by atoms with E-state index in [0.29, 0.717) is 0 Å². The van der Waals surface area contributed by atoms with E-state index in [0.717, 1.165) is 22.7 Å². The van der Waals surface area contributed by atoms with Gasteiger partial charge < -0.3 is 5.32 Å². The molecule has 0 spiro atoms. The number of thiophene rings is 1. The van der Waals surface area contributed by atoms with Gasteiger partial charge in [0.1, 0.15) is 6.07 Å². The van der Waals surface area contributed by atoms with Crippen LogP contribution >= 0.6 is 23.1 Å². The van der Waals surface area contributed by atoms with Gasteiger partial charge in [0.2, 0.25) is 0 Å². The lowest BCUT2D eigenvalue weighted by Crippen LogP contribution is -2.00. The van der Waals surface area contributed by atoms with Crippen molar-refractivity contribution in [3.8, 4) is 6.07 Å². The van der Waals surface area contributed by atoms with Crippen molar-refractivity contribution in [1.29, 1.82) is 5.26 Å². The van der Waals surface area contributed by atoms with E-state index in [1.807, 2.05) is 24.5 Å². The molecule has 0 radical (unpaired) electrons. The number of benzene rings is 1. The van der Waals surface area contributed by atoms with Crippen LogP contribution in [0.5, 0.6) is 0 Å². The minimum Gasteiger partial charge on any atom is -0.380 e. The summed E-state index contributed by atoms with van der Waals surface area (Å²) in [5.74, 6) is 0. The second-order valence-corrected chi connectivity index (χ2v) is 5.11. The first-order valence-electron chi connectivity index (χ1n) is 5.17. The van der Waals surface area contributed by atoms with Crippen LogP contribution in [0.1, 0.15) is 11.1 Å². The van der Waals surface area contributed by atoms with E-state index in [1.54, 1.807) is 23.1 Å². The summed E-state index contributed by atoms with van der Waals surface area (Å²) in [4.78, 5) is 1.02. The normalized spacial score (nSPS) is 9.88. The second-order valence-electron chi connectivity index (χ2n) is 3.48. The maximum atomic E-state index is 9.19. The Kier molecular flexibility index (Phi) is 4.08. The number of hydrogen-bond acceptors (Lipinski definition) is 4. The first kappa shape index (κ1) is 12.0. The molecule has 0 bridgehead atoms. The molecule has 1 N–H and O–H groups in total. The fraction of sp³-hybridized carbons (Fsp3) is 0.154. The van der Waals surface area contributed by atoms with Crippen LogP contribution < -0.4 is 5.32 Å². The van der Waals surface area contributed by atoms with Crippen LogP contribution in [-0.2, 0) is 6.54 Å². The van der Waals surface area contributed by atoms with E-state index < -0.39 is 0 Å². The molecule has 86 valence electrons. The van der Waals surface area contributed by atoms with Gasteiger partial charge in [-0.05, 0) is 40.8 Å². The van der Waals surface area contributed by atoms with Crippen molar-refractivity contribution >= 4 is 28.8 Å². The van der Waals surface area contributed by atoms with Crippen LogP contribution in [0.2, 0.25) is 0 Å². The van der Waals surface area contributed by atoms with Crippen LogP contribution in [0.15, 0.2) is 39.9 Å². The molecule has 0 aliphatic rings. The zero-order valence-electron chi connectivity index (χ0n) is 9.43. The molecular formula is C13H12N2S2. The molecule has 0 amide bonds. The Morgan fingerprint density at radius 2 is 2.29 bits per heavy atom. The zero-order chi connectivity index (χ0) is 12.1. The van der Waals surface area contributed by atoms with Crippen LogP contribution in [0, 0.1) is 11.3 Å². The summed E-state index contributed by atoms with van der Waals surface area (Å²) in [6.45, 7) is 0.760. The third kappa shape index (κ3) is 2.82. The third-order valence-corrected chi connectivity index (χ3v) is 3.93. The predicted molar refractivity (Wildman–Crippen MR) is 74.6 cm³/mol. The molecule has 2 nitrogen and oxygen atoms in total. The van der Waals surface area contributed by atoms with Crippen LogP contribution in [0.25, 0.3) is 0 Å². The van der Waals surface area contributed by atoms with Gasteiger partial charge in [-0.2, -0.15) is 16.6 Å². The molecule has 17 heavy (non-hydrogen) atoms. The van der Waals surface area contributed by atoms with Crippen molar-refractivity contribution in [2.75, 3.05) is 11.6 Å². The van der Waals surface area contributed by atoms with E-state index in [4.69, 9.17) is 0 Å². The monoisotopic (exact) mass is 260 g/mol. The molecule has 2 aromatic rings. The number of nitriles is 1. The maximum Gasteiger partial charge on any atom is 0.102 e. The first-order chi connectivity index (χ1) is 8.35. The van der Waals surface area contributed by atoms with E-state index in [9.17, 15) is 5.26 Å². The van der Waals surface area contributed by atoms with Gasteiger partial charge >= 0.3 is 0 Å². The van der Waals surface area contributed by atoms with Crippen LogP contribution in [0.3, 0.4) is 0 Å². The van der Waals surface area contributed by atoms with Crippen molar-refractivity contribution in [2.45, 2.75) is 11.4 Å². The summed E-state index contributed by atoms with van der Waals surface area (Å²) in [7, 11) is 0. The fourth-order valence-electron chi connectivity index (χ4n) is 1.55. The zero-order valence-corrected chi connectivity index (χ0v) is 11.1. The number of nitrogens with one attached hydrogen (secondary N) is 1. The third-order valence-electron chi connectivity index (χ3n) is 2.42. The molecule has 0 aliphatic heterocycles.